The first-order valence-corrected chi connectivity index (χ1v) is 4.93. The predicted molar refractivity (Wildman–Crippen MR) is 53.5 cm³/mol. The SMILES string of the molecule is C[C](C)c1cc(OC(F)(F)F)cc(OC(F)(F)F)c1. The van der Waals surface area contributed by atoms with Gasteiger partial charge in [-0.25, -0.2) is 0 Å². The highest BCUT2D eigenvalue weighted by molar-refractivity contribution is 5.43. The Labute approximate surface area is 104 Å². The van der Waals surface area contributed by atoms with Gasteiger partial charge in [0, 0.05) is 6.07 Å². The molecule has 0 saturated carbocycles. The number of hydrogen-bond donors (Lipinski definition) is 0. The summed E-state index contributed by atoms with van der Waals surface area (Å²) in [6.45, 7) is 3.06. The third-order valence-electron chi connectivity index (χ3n) is 1.92. The van der Waals surface area contributed by atoms with Gasteiger partial charge in [0.05, 0.1) is 0 Å². The van der Waals surface area contributed by atoms with Crippen LogP contribution in [0.1, 0.15) is 19.4 Å². The Morgan fingerprint density at radius 2 is 1.16 bits per heavy atom. The van der Waals surface area contributed by atoms with Crippen molar-refractivity contribution >= 4 is 0 Å². The van der Waals surface area contributed by atoms with Crippen LogP contribution in [0.4, 0.5) is 26.3 Å². The van der Waals surface area contributed by atoms with Crippen LogP contribution in [0.5, 0.6) is 11.5 Å². The molecule has 0 bridgehead atoms. The zero-order valence-electron chi connectivity index (χ0n) is 9.82. The minimum atomic E-state index is -4.99. The lowest BCUT2D eigenvalue weighted by atomic mass is 10.0. The summed E-state index contributed by atoms with van der Waals surface area (Å²) in [6.07, 6.45) is -9.98. The Morgan fingerprint density at radius 1 is 0.789 bits per heavy atom. The van der Waals surface area contributed by atoms with Crippen molar-refractivity contribution in [3.63, 3.8) is 0 Å². The van der Waals surface area contributed by atoms with E-state index in [-0.39, 0.29) is 5.56 Å². The number of hydrogen-bond acceptors (Lipinski definition) is 2. The van der Waals surface area contributed by atoms with Crippen LogP contribution in [0, 0.1) is 5.92 Å². The molecule has 0 unspecified atom stereocenters. The molecule has 1 aromatic carbocycles. The first kappa shape index (κ1) is 15.5. The fourth-order valence-electron chi connectivity index (χ4n) is 1.25. The van der Waals surface area contributed by atoms with Crippen molar-refractivity contribution in [1.29, 1.82) is 0 Å². The normalized spacial score (nSPS) is 12.7. The van der Waals surface area contributed by atoms with E-state index in [1.54, 1.807) is 0 Å². The summed E-state index contributed by atoms with van der Waals surface area (Å²) >= 11 is 0. The Kier molecular flexibility index (Phi) is 4.21. The smallest absolute Gasteiger partial charge is 0.406 e. The quantitative estimate of drug-likeness (QED) is 0.765. The van der Waals surface area contributed by atoms with Crippen LogP contribution in [-0.4, -0.2) is 12.7 Å². The molecule has 107 valence electrons. The summed E-state index contributed by atoms with van der Waals surface area (Å²) in [5.74, 6) is -1.03. The van der Waals surface area contributed by atoms with Gasteiger partial charge in [-0.3, -0.25) is 0 Å². The molecule has 1 radical (unpaired) electrons. The summed E-state index contributed by atoms with van der Waals surface area (Å²) in [7, 11) is 0. The molecule has 1 aromatic rings. The van der Waals surface area contributed by atoms with Crippen molar-refractivity contribution in [2.24, 2.45) is 0 Å². The fraction of sp³-hybridized carbons (Fsp3) is 0.364. The lowest BCUT2D eigenvalue weighted by molar-refractivity contribution is -0.276. The highest BCUT2D eigenvalue weighted by Crippen LogP contribution is 2.33. The zero-order chi connectivity index (χ0) is 14.8. The van der Waals surface area contributed by atoms with Crippen molar-refractivity contribution in [3.05, 3.63) is 29.7 Å². The van der Waals surface area contributed by atoms with Crippen LogP contribution in [0.15, 0.2) is 18.2 Å². The molecule has 2 nitrogen and oxygen atoms in total. The summed E-state index contributed by atoms with van der Waals surface area (Å²) in [6, 6.07) is 2.48. The topological polar surface area (TPSA) is 18.5 Å². The van der Waals surface area contributed by atoms with E-state index in [1.165, 1.54) is 13.8 Å². The molecule has 0 aliphatic rings. The summed E-state index contributed by atoms with van der Waals surface area (Å²) in [5.41, 5.74) is 0.154. The predicted octanol–water partition coefficient (Wildman–Crippen LogP) is 4.45. The highest BCUT2D eigenvalue weighted by atomic mass is 19.4. The third kappa shape index (κ3) is 5.71. The fourth-order valence-corrected chi connectivity index (χ4v) is 1.25. The molecule has 0 aliphatic heterocycles. The largest absolute Gasteiger partial charge is 0.573 e. The van der Waals surface area contributed by atoms with E-state index in [9.17, 15) is 26.3 Å². The molecule has 0 N–H and O–H groups in total. The maximum Gasteiger partial charge on any atom is 0.573 e. The number of benzene rings is 1. The van der Waals surface area contributed by atoms with Gasteiger partial charge in [0.1, 0.15) is 11.5 Å². The zero-order valence-corrected chi connectivity index (χ0v) is 9.82. The second kappa shape index (κ2) is 5.18. The van der Waals surface area contributed by atoms with E-state index in [0.717, 1.165) is 12.1 Å². The molecule has 0 heterocycles. The van der Waals surface area contributed by atoms with Crippen molar-refractivity contribution in [2.75, 3.05) is 0 Å². The average molecular weight is 287 g/mol. The van der Waals surface area contributed by atoms with Gasteiger partial charge in [0.25, 0.3) is 0 Å². The van der Waals surface area contributed by atoms with Crippen LogP contribution in [0.3, 0.4) is 0 Å². The van der Waals surface area contributed by atoms with Crippen molar-refractivity contribution in [1.82, 2.24) is 0 Å². The standard InChI is InChI=1S/C11H9F6O2/c1-6(2)7-3-8(18-10(12,13)14)5-9(4-7)19-11(15,16)17/h3-5H,1-2H3. The molecule has 0 spiro atoms. The van der Waals surface area contributed by atoms with Gasteiger partial charge >= 0.3 is 12.7 Å². The van der Waals surface area contributed by atoms with Crippen LogP contribution in [0.25, 0.3) is 0 Å². The van der Waals surface area contributed by atoms with Gasteiger partial charge in [-0.2, -0.15) is 0 Å². The number of halogens is 6. The molecular weight excluding hydrogens is 278 g/mol. The van der Waals surface area contributed by atoms with Crippen LogP contribution < -0.4 is 9.47 Å². The highest BCUT2D eigenvalue weighted by Gasteiger charge is 2.34. The summed E-state index contributed by atoms with van der Waals surface area (Å²) in [5, 5.41) is 0. The number of ether oxygens (including phenoxy) is 2. The first-order valence-electron chi connectivity index (χ1n) is 4.93. The van der Waals surface area contributed by atoms with Crippen LogP contribution >= 0.6 is 0 Å². The molecule has 0 atom stereocenters. The van der Waals surface area contributed by atoms with Crippen molar-refractivity contribution in [3.8, 4) is 11.5 Å². The summed E-state index contributed by atoms with van der Waals surface area (Å²) in [4.78, 5) is 0. The van der Waals surface area contributed by atoms with E-state index in [4.69, 9.17) is 0 Å². The molecule has 1 rings (SSSR count). The van der Waals surface area contributed by atoms with Gasteiger partial charge < -0.3 is 9.47 Å². The van der Waals surface area contributed by atoms with Crippen molar-refractivity contribution < 1.29 is 35.8 Å². The minimum absolute atomic E-state index is 0.154. The van der Waals surface area contributed by atoms with Crippen LogP contribution in [0.2, 0.25) is 0 Å². The Morgan fingerprint density at radius 3 is 1.42 bits per heavy atom. The first-order chi connectivity index (χ1) is 8.46. The lowest BCUT2D eigenvalue weighted by Crippen LogP contribution is -2.19. The van der Waals surface area contributed by atoms with Crippen molar-refractivity contribution in [2.45, 2.75) is 26.6 Å². The molecule has 0 amide bonds. The Balaban J connectivity index is 3.11. The maximum absolute atomic E-state index is 12.1. The molecular formula is C11H9F6O2. The van der Waals surface area contributed by atoms with Gasteiger partial charge in [0.2, 0.25) is 0 Å². The van der Waals surface area contributed by atoms with Gasteiger partial charge in [-0.05, 0) is 23.6 Å². The monoisotopic (exact) mass is 287 g/mol. The van der Waals surface area contributed by atoms with Gasteiger partial charge in [-0.15, -0.1) is 26.3 Å². The number of rotatable bonds is 3. The molecule has 0 aliphatic carbocycles. The van der Waals surface area contributed by atoms with Crippen LogP contribution in [-0.2, 0) is 0 Å². The molecule has 8 heteroatoms. The molecule has 0 aromatic heterocycles. The Bertz CT molecular complexity index is 402. The van der Waals surface area contributed by atoms with E-state index in [1.807, 2.05) is 0 Å². The molecule has 19 heavy (non-hydrogen) atoms. The summed E-state index contributed by atoms with van der Waals surface area (Å²) < 4.78 is 79.5. The van der Waals surface area contributed by atoms with E-state index in [2.05, 4.69) is 9.47 Å². The molecule has 0 saturated heterocycles. The van der Waals surface area contributed by atoms with E-state index in [0.29, 0.717) is 12.0 Å². The van der Waals surface area contributed by atoms with E-state index >= 15 is 0 Å². The second-order valence-electron chi connectivity index (χ2n) is 3.79. The second-order valence-corrected chi connectivity index (χ2v) is 3.79. The third-order valence-corrected chi connectivity index (χ3v) is 1.92. The minimum Gasteiger partial charge on any atom is -0.406 e. The average Bonchev–Trinajstić information content (AvgIpc) is 2.10. The van der Waals surface area contributed by atoms with E-state index < -0.39 is 24.2 Å². The van der Waals surface area contributed by atoms with Gasteiger partial charge in [-0.1, -0.05) is 13.8 Å². The lowest BCUT2D eigenvalue weighted by Gasteiger charge is -2.15. The Hall–Kier alpha value is -1.60. The molecule has 0 fully saturated rings. The number of alkyl halides is 6. The maximum atomic E-state index is 12.1. The van der Waals surface area contributed by atoms with Gasteiger partial charge in [0.15, 0.2) is 0 Å².